The molecule has 0 bridgehead atoms. The van der Waals surface area contributed by atoms with Gasteiger partial charge in [-0.3, -0.25) is 4.79 Å². The highest BCUT2D eigenvalue weighted by Crippen LogP contribution is 2.22. The summed E-state index contributed by atoms with van der Waals surface area (Å²) in [5.41, 5.74) is 11.1. The molecular weight excluding hydrogens is 233 g/mol. The van der Waals surface area contributed by atoms with Crippen molar-refractivity contribution < 1.29 is 9.18 Å². The van der Waals surface area contributed by atoms with E-state index in [1.54, 1.807) is 0 Å². The summed E-state index contributed by atoms with van der Waals surface area (Å²) < 4.78 is 13.6. The fraction of sp³-hybridized carbons (Fsp3) is 0.462. The lowest BCUT2D eigenvalue weighted by atomic mass is 10.1. The van der Waals surface area contributed by atoms with E-state index in [1.807, 2.05) is 0 Å². The summed E-state index contributed by atoms with van der Waals surface area (Å²) in [6, 6.07) is 2.48. The van der Waals surface area contributed by atoms with E-state index in [9.17, 15) is 9.18 Å². The van der Waals surface area contributed by atoms with Gasteiger partial charge < -0.3 is 16.8 Å². The predicted octanol–water partition coefficient (Wildman–Crippen LogP) is 2.35. The topological polar surface area (TPSA) is 81.1 Å². The molecule has 1 rings (SSSR count). The molecule has 5 N–H and O–H groups in total. The van der Waals surface area contributed by atoms with Gasteiger partial charge in [0.1, 0.15) is 5.82 Å². The zero-order valence-corrected chi connectivity index (χ0v) is 10.8. The fourth-order valence-electron chi connectivity index (χ4n) is 1.67. The van der Waals surface area contributed by atoms with E-state index >= 15 is 0 Å². The summed E-state index contributed by atoms with van der Waals surface area (Å²) >= 11 is 0. The van der Waals surface area contributed by atoms with Crippen LogP contribution in [0.4, 0.5) is 15.8 Å². The first-order valence-electron chi connectivity index (χ1n) is 6.04. The average Bonchev–Trinajstić information content (AvgIpc) is 2.25. The van der Waals surface area contributed by atoms with Crippen molar-refractivity contribution in [3.63, 3.8) is 0 Å². The molecule has 0 aliphatic carbocycles. The highest BCUT2D eigenvalue weighted by Gasteiger charge is 2.11. The lowest BCUT2D eigenvalue weighted by Crippen LogP contribution is -2.15. The Balaban J connectivity index is 2.70. The van der Waals surface area contributed by atoms with Gasteiger partial charge in [-0.25, -0.2) is 4.39 Å². The molecule has 4 nitrogen and oxygen atoms in total. The molecule has 0 unspecified atom stereocenters. The number of benzene rings is 1. The number of rotatable bonds is 6. The van der Waals surface area contributed by atoms with Gasteiger partial charge in [-0.05, 0) is 30.9 Å². The summed E-state index contributed by atoms with van der Waals surface area (Å²) in [7, 11) is 0. The van der Waals surface area contributed by atoms with Crippen molar-refractivity contribution >= 4 is 17.3 Å². The number of carbonyl (C=O) groups excluding carboxylic acids is 1. The Kier molecular flexibility index (Phi) is 4.95. The number of carbonyl (C=O) groups is 1. The largest absolute Gasteiger partial charge is 0.398 e. The van der Waals surface area contributed by atoms with Crippen molar-refractivity contribution in [2.24, 2.45) is 11.7 Å². The van der Waals surface area contributed by atoms with Crippen LogP contribution in [0.1, 0.15) is 37.0 Å². The maximum atomic E-state index is 13.6. The molecule has 1 aromatic rings. The Morgan fingerprint density at radius 1 is 1.44 bits per heavy atom. The molecular formula is C13H20FN3O. The summed E-state index contributed by atoms with van der Waals surface area (Å²) in [6.45, 7) is 4.92. The van der Waals surface area contributed by atoms with E-state index in [2.05, 4.69) is 19.2 Å². The molecule has 0 spiro atoms. The number of hydrogen-bond acceptors (Lipinski definition) is 3. The first-order valence-corrected chi connectivity index (χ1v) is 6.04. The molecule has 100 valence electrons. The van der Waals surface area contributed by atoms with E-state index in [0.717, 1.165) is 18.9 Å². The number of halogens is 1. The zero-order valence-electron chi connectivity index (χ0n) is 10.8. The smallest absolute Gasteiger partial charge is 0.250 e. The molecule has 0 fully saturated rings. The number of nitrogens with one attached hydrogen (secondary N) is 1. The van der Waals surface area contributed by atoms with Crippen LogP contribution in [0.25, 0.3) is 0 Å². The Labute approximate surface area is 107 Å². The lowest BCUT2D eigenvalue weighted by Gasteiger charge is -2.11. The molecule has 1 aromatic carbocycles. The Hall–Kier alpha value is -1.78. The quantitative estimate of drug-likeness (QED) is 0.537. The van der Waals surface area contributed by atoms with E-state index in [0.29, 0.717) is 12.5 Å². The van der Waals surface area contributed by atoms with Crippen LogP contribution in [0.3, 0.4) is 0 Å². The predicted molar refractivity (Wildman–Crippen MR) is 71.9 cm³/mol. The van der Waals surface area contributed by atoms with Gasteiger partial charge in [0.15, 0.2) is 0 Å². The molecule has 0 heterocycles. The van der Waals surface area contributed by atoms with Gasteiger partial charge in [-0.15, -0.1) is 0 Å². The van der Waals surface area contributed by atoms with Crippen LogP contribution < -0.4 is 16.8 Å². The summed E-state index contributed by atoms with van der Waals surface area (Å²) in [6.07, 6.45) is 2.00. The minimum Gasteiger partial charge on any atom is -0.398 e. The van der Waals surface area contributed by atoms with Crippen LogP contribution in [0.5, 0.6) is 0 Å². The maximum Gasteiger partial charge on any atom is 0.250 e. The maximum absolute atomic E-state index is 13.6. The number of nitrogens with two attached hydrogens (primary N) is 2. The molecule has 18 heavy (non-hydrogen) atoms. The minimum atomic E-state index is -0.655. The first kappa shape index (κ1) is 14.3. The summed E-state index contributed by atoms with van der Waals surface area (Å²) in [5.74, 6) is -0.510. The van der Waals surface area contributed by atoms with Gasteiger partial charge in [-0.2, -0.15) is 0 Å². The monoisotopic (exact) mass is 253 g/mol. The normalized spacial score (nSPS) is 10.7. The molecule has 0 aliphatic heterocycles. The highest BCUT2D eigenvalue weighted by molar-refractivity contribution is 5.99. The van der Waals surface area contributed by atoms with E-state index in [1.165, 1.54) is 6.07 Å². The third-order valence-corrected chi connectivity index (χ3v) is 2.68. The molecule has 0 saturated heterocycles. The van der Waals surface area contributed by atoms with Crippen LogP contribution in [-0.4, -0.2) is 12.5 Å². The van der Waals surface area contributed by atoms with Gasteiger partial charge >= 0.3 is 0 Å². The van der Waals surface area contributed by atoms with E-state index in [4.69, 9.17) is 11.5 Å². The molecule has 0 atom stereocenters. The Morgan fingerprint density at radius 3 is 2.67 bits per heavy atom. The van der Waals surface area contributed by atoms with E-state index < -0.39 is 11.7 Å². The van der Waals surface area contributed by atoms with Gasteiger partial charge in [0.25, 0.3) is 5.91 Å². The molecule has 1 amide bonds. The molecule has 0 saturated carbocycles. The van der Waals surface area contributed by atoms with Crippen molar-refractivity contribution in [2.75, 3.05) is 17.6 Å². The van der Waals surface area contributed by atoms with Gasteiger partial charge in [0, 0.05) is 12.2 Å². The van der Waals surface area contributed by atoms with Crippen molar-refractivity contribution in [1.82, 2.24) is 0 Å². The van der Waals surface area contributed by atoms with Crippen molar-refractivity contribution in [1.29, 1.82) is 0 Å². The molecule has 0 aromatic heterocycles. The minimum absolute atomic E-state index is 0.0627. The first-order chi connectivity index (χ1) is 8.41. The SMILES string of the molecule is CC(C)CCCNc1cc(C(N)=O)c(N)cc1F. The molecule has 0 aliphatic rings. The van der Waals surface area contributed by atoms with Crippen LogP contribution in [-0.2, 0) is 0 Å². The second-order valence-electron chi connectivity index (χ2n) is 4.75. The average molecular weight is 253 g/mol. The number of nitrogen functional groups attached to an aromatic ring is 1. The third-order valence-electron chi connectivity index (χ3n) is 2.68. The van der Waals surface area contributed by atoms with Crippen LogP contribution in [0.2, 0.25) is 0 Å². The second-order valence-corrected chi connectivity index (χ2v) is 4.75. The van der Waals surface area contributed by atoms with Crippen LogP contribution in [0.15, 0.2) is 12.1 Å². The number of hydrogen-bond donors (Lipinski definition) is 3. The zero-order chi connectivity index (χ0) is 13.7. The summed E-state index contributed by atoms with van der Waals surface area (Å²) in [4.78, 5) is 11.1. The summed E-state index contributed by atoms with van der Waals surface area (Å²) in [5, 5.41) is 2.95. The van der Waals surface area contributed by atoms with Crippen LogP contribution in [0, 0.1) is 11.7 Å². The third kappa shape index (κ3) is 3.91. The van der Waals surface area contributed by atoms with Crippen molar-refractivity contribution in [3.05, 3.63) is 23.5 Å². The second kappa shape index (κ2) is 6.23. The number of amides is 1. The molecule has 0 radical (unpaired) electrons. The van der Waals surface area contributed by atoms with Gasteiger partial charge in [0.05, 0.1) is 11.3 Å². The number of anilines is 2. The standard InChI is InChI=1S/C13H20FN3O/c1-8(2)4-3-5-17-12-6-9(13(16)18)11(15)7-10(12)14/h6-8,17H,3-5,15H2,1-2H3,(H2,16,18). The van der Waals surface area contributed by atoms with Gasteiger partial charge in [0.2, 0.25) is 0 Å². The molecule has 5 heteroatoms. The highest BCUT2D eigenvalue weighted by atomic mass is 19.1. The van der Waals surface area contributed by atoms with Crippen LogP contribution >= 0.6 is 0 Å². The Bertz CT molecular complexity index is 432. The van der Waals surface area contributed by atoms with Gasteiger partial charge in [-0.1, -0.05) is 13.8 Å². The lowest BCUT2D eigenvalue weighted by molar-refractivity contribution is 0.100. The number of primary amides is 1. The Morgan fingerprint density at radius 2 is 2.11 bits per heavy atom. The fourth-order valence-corrected chi connectivity index (χ4v) is 1.67. The van der Waals surface area contributed by atoms with E-state index in [-0.39, 0.29) is 16.9 Å². The van der Waals surface area contributed by atoms with Crippen molar-refractivity contribution in [2.45, 2.75) is 26.7 Å². The van der Waals surface area contributed by atoms with Crippen molar-refractivity contribution in [3.8, 4) is 0 Å².